The first kappa shape index (κ1) is 22.6. The second-order valence-electron chi connectivity index (χ2n) is 5.28. The fraction of sp³-hybridized carbons (Fsp3) is 0.529. The molecule has 0 saturated carbocycles. The highest BCUT2D eigenvalue weighted by Gasteiger charge is 2.10. The maximum atomic E-state index is 13.6. The molecule has 0 spiro atoms. The van der Waals surface area contributed by atoms with Gasteiger partial charge in [-0.15, -0.1) is 24.0 Å². The molecule has 1 aromatic carbocycles. The number of carbonyl (C=O) groups is 1. The van der Waals surface area contributed by atoms with E-state index in [4.69, 9.17) is 4.74 Å². The van der Waals surface area contributed by atoms with Gasteiger partial charge < -0.3 is 15.4 Å². The highest BCUT2D eigenvalue weighted by Crippen LogP contribution is 2.16. The number of rotatable bonds is 7. The molecule has 0 aliphatic heterocycles. The predicted molar refractivity (Wildman–Crippen MR) is 105 cm³/mol. The molecule has 0 aliphatic rings. The number of guanidine groups is 1. The number of aryl methyl sites for hydroxylation is 1. The zero-order chi connectivity index (χ0) is 17.2. The average molecular weight is 451 g/mol. The lowest BCUT2D eigenvalue weighted by Crippen LogP contribution is -2.39. The fourth-order valence-corrected chi connectivity index (χ4v) is 2.03. The number of carbonyl (C=O) groups excluding carboxylic acids is 1. The Hall–Kier alpha value is -1.38. The third-order valence-corrected chi connectivity index (χ3v) is 3.43. The minimum Gasteiger partial charge on any atom is -0.466 e. The Balaban J connectivity index is 0.00000529. The van der Waals surface area contributed by atoms with Crippen LogP contribution in [-0.2, 0) is 9.53 Å². The Morgan fingerprint density at radius 3 is 2.71 bits per heavy atom. The summed E-state index contributed by atoms with van der Waals surface area (Å²) in [6.07, 6.45) is 1.03. The van der Waals surface area contributed by atoms with E-state index in [-0.39, 0.29) is 41.8 Å². The molecule has 7 heteroatoms. The monoisotopic (exact) mass is 451 g/mol. The van der Waals surface area contributed by atoms with Crippen molar-refractivity contribution in [3.63, 3.8) is 0 Å². The largest absolute Gasteiger partial charge is 0.466 e. The van der Waals surface area contributed by atoms with Crippen LogP contribution < -0.4 is 10.6 Å². The number of nitrogens with zero attached hydrogens (tertiary/aromatic N) is 1. The Kier molecular flexibility index (Phi) is 11.4. The molecular weight excluding hydrogens is 424 g/mol. The number of hydrogen-bond acceptors (Lipinski definition) is 3. The molecule has 1 unspecified atom stereocenters. The van der Waals surface area contributed by atoms with Crippen LogP contribution in [0.1, 0.15) is 43.9 Å². The standard InChI is InChI=1S/C17H26FN3O2.HI/c1-5-23-16(22)7-6-10-20-17(19-4)21-13(3)14-9-8-12(2)15(18)11-14;/h8-9,11,13H,5-7,10H2,1-4H3,(H2,19,20,21);1H. The lowest BCUT2D eigenvalue weighted by Gasteiger charge is -2.18. The minimum absolute atomic E-state index is 0. The zero-order valence-corrected chi connectivity index (χ0v) is 17.0. The molecule has 0 fully saturated rings. The summed E-state index contributed by atoms with van der Waals surface area (Å²) in [5.74, 6) is 0.205. The Morgan fingerprint density at radius 1 is 1.42 bits per heavy atom. The molecule has 1 atom stereocenters. The molecule has 0 saturated heterocycles. The summed E-state index contributed by atoms with van der Waals surface area (Å²) in [4.78, 5) is 15.4. The summed E-state index contributed by atoms with van der Waals surface area (Å²) in [7, 11) is 1.67. The van der Waals surface area contributed by atoms with Crippen LogP contribution in [0.4, 0.5) is 4.39 Å². The molecule has 0 heterocycles. The van der Waals surface area contributed by atoms with E-state index in [1.165, 1.54) is 6.07 Å². The van der Waals surface area contributed by atoms with Gasteiger partial charge in [0.25, 0.3) is 0 Å². The first-order chi connectivity index (χ1) is 11.0. The summed E-state index contributed by atoms with van der Waals surface area (Å²) < 4.78 is 18.5. The van der Waals surface area contributed by atoms with Gasteiger partial charge in [0.2, 0.25) is 0 Å². The Labute approximate surface area is 160 Å². The van der Waals surface area contributed by atoms with E-state index < -0.39 is 0 Å². The van der Waals surface area contributed by atoms with Crippen LogP contribution in [0.15, 0.2) is 23.2 Å². The summed E-state index contributed by atoms with van der Waals surface area (Å²) in [5, 5.41) is 6.33. The average Bonchev–Trinajstić information content (AvgIpc) is 2.53. The molecule has 1 rings (SSSR count). The lowest BCUT2D eigenvalue weighted by atomic mass is 10.1. The van der Waals surface area contributed by atoms with Crippen molar-refractivity contribution in [3.8, 4) is 0 Å². The molecule has 0 amide bonds. The van der Waals surface area contributed by atoms with Gasteiger partial charge >= 0.3 is 5.97 Å². The van der Waals surface area contributed by atoms with E-state index >= 15 is 0 Å². The van der Waals surface area contributed by atoms with Crippen molar-refractivity contribution in [1.29, 1.82) is 0 Å². The van der Waals surface area contributed by atoms with Crippen LogP contribution in [0, 0.1) is 12.7 Å². The maximum absolute atomic E-state index is 13.6. The topological polar surface area (TPSA) is 62.7 Å². The number of aliphatic imine (C=N–C) groups is 1. The first-order valence-electron chi connectivity index (χ1n) is 7.86. The van der Waals surface area contributed by atoms with E-state index in [0.717, 1.165) is 5.56 Å². The molecule has 0 aliphatic carbocycles. The number of halogens is 2. The maximum Gasteiger partial charge on any atom is 0.305 e. The van der Waals surface area contributed by atoms with Crippen molar-refractivity contribution in [2.24, 2.45) is 4.99 Å². The van der Waals surface area contributed by atoms with Crippen molar-refractivity contribution in [1.82, 2.24) is 10.6 Å². The Bertz CT molecular complexity index is 553. The first-order valence-corrected chi connectivity index (χ1v) is 7.86. The van der Waals surface area contributed by atoms with Gasteiger partial charge in [-0.25, -0.2) is 4.39 Å². The van der Waals surface area contributed by atoms with Crippen LogP contribution >= 0.6 is 24.0 Å². The van der Waals surface area contributed by atoms with Crippen molar-refractivity contribution in [2.45, 2.75) is 39.7 Å². The second kappa shape index (κ2) is 12.0. The number of benzene rings is 1. The zero-order valence-electron chi connectivity index (χ0n) is 14.7. The van der Waals surface area contributed by atoms with Crippen LogP contribution in [-0.4, -0.2) is 32.1 Å². The lowest BCUT2D eigenvalue weighted by molar-refractivity contribution is -0.143. The van der Waals surface area contributed by atoms with E-state index in [1.54, 1.807) is 27.0 Å². The highest BCUT2D eigenvalue weighted by molar-refractivity contribution is 14.0. The van der Waals surface area contributed by atoms with Crippen molar-refractivity contribution in [3.05, 3.63) is 35.1 Å². The normalized spacial score (nSPS) is 12.1. The van der Waals surface area contributed by atoms with Gasteiger partial charge in [0, 0.05) is 20.0 Å². The van der Waals surface area contributed by atoms with Crippen molar-refractivity contribution < 1.29 is 13.9 Å². The molecule has 0 radical (unpaired) electrons. The van der Waals surface area contributed by atoms with Gasteiger partial charge in [-0.05, 0) is 44.4 Å². The third kappa shape index (κ3) is 7.94. The number of esters is 1. The van der Waals surface area contributed by atoms with Crippen LogP contribution in [0.5, 0.6) is 0 Å². The van der Waals surface area contributed by atoms with Crippen molar-refractivity contribution >= 4 is 35.9 Å². The Morgan fingerprint density at radius 2 is 2.12 bits per heavy atom. The number of nitrogens with one attached hydrogen (secondary N) is 2. The van der Waals surface area contributed by atoms with Gasteiger partial charge in [0.15, 0.2) is 5.96 Å². The predicted octanol–water partition coefficient (Wildman–Crippen LogP) is 3.32. The molecule has 136 valence electrons. The van der Waals surface area contributed by atoms with Gasteiger partial charge in [-0.3, -0.25) is 9.79 Å². The number of ether oxygens (including phenoxy) is 1. The molecule has 2 N–H and O–H groups in total. The molecule has 0 aromatic heterocycles. The smallest absolute Gasteiger partial charge is 0.305 e. The molecule has 5 nitrogen and oxygen atoms in total. The summed E-state index contributed by atoms with van der Waals surface area (Å²) in [5.41, 5.74) is 1.48. The van der Waals surface area contributed by atoms with E-state index in [9.17, 15) is 9.18 Å². The van der Waals surface area contributed by atoms with Crippen LogP contribution in [0.2, 0.25) is 0 Å². The SMILES string of the molecule is CCOC(=O)CCCNC(=NC)NC(C)c1ccc(C)c(F)c1.I. The van der Waals surface area contributed by atoms with Crippen LogP contribution in [0.25, 0.3) is 0 Å². The molecule has 0 bridgehead atoms. The van der Waals surface area contributed by atoms with Gasteiger partial charge in [-0.1, -0.05) is 12.1 Å². The van der Waals surface area contributed by atoms with E-state index in [1.807, 2.05) is 13.0 Å². The van der Waals surface area contributed by atoms with E-state index in [0.29, 0.717) is 37.5 Å². The highest BCUT2D eigenvalue weighted by atomic mass is 127. The molecule has 24 heavy (non-hydrogen) atoms. The van der Waals surface area contributed by atoms with Crippen LogP contribution in [0.3, 0.4) is 0 Å². The second-order valence-corrected chi connectivity index (χ2v) is 5.28. The van der Waals surface area contributed by atoms with Gasteiger partial charge in [0.1, 0.15) is 5.82 Å². The summed E-state index contributed by atoms with van der Waals surface area (Å²) in [6, 6.07) is 5.10. The quantitative estimate of drug-likeness (QED) is 0.220. The fourth-order valence-electron chi connectivity index (χ4n) is 2.03. The summed E-state index contributed by atoms with van der Waals surface area (Å²) >= 11 is 0. The molecule has 1 aromatic rings. The number of hydrogen-bond donors (Lipinski definition) is 2. The minimum atomic E-state index is -0.214. The molecular formula is C17H27FIN3O2. The van der Waals surface area contributed by atoms with Gasteiger partial charge in [-0.2, -0.15) is 0 Å². The van der Waals surface area contributed by atoms with E-state index in [2.05, 4.69) is 15.6 Å². The third-order valence-electron chi connectivity index (χ3n) is 3.43. The van der Waals surface area contributed by atoms with Crippen molar-refractivity contribution in [2.75, 3.05) is 20.2 Å². The summed E-state index contributed by atoms with van der Waals surface area (Å²) in [6.45, 7) is 6.47. The van der Waals surface area contributed by atoms with Gasteiger partial charge in [0.05, 0.1) is 12.6 Å².